The summed E-state index contributed by atoms with van der Waals surface area (Å²) in [5.41, 5.74) is 2.07. The fourth-order valence-corrected chi connectivity index (χ4v) is 5.59. The molecule has 0 fully saturated rings. The second kappa shape index (κ2) is 14.0. The van der Waals surface area contributed by atoms with Crippen molar-refractivity contribution in [3.8, 4) is 11.5 Å². The largest absolute Gasteiger partial charge is 0.497 e. The molecule has 0 aromatic heterocycles. The van der Waals surface area contributed by atoms with Gasteiger partial charge in [0.2, 0.25) is 11.8 Å². The summed E-state index contributed by atoms with van der Waals surface area (Å²) in [6.45, 7) is 7.03. The van der Waals surface area contributed by atoms with Crippen molar-refractivity contribution in [1.29, 1.82) is 0 Å². The van der Waals surface area contributed by atoms with E-state index in [0.29, 0.717) is 5.75 Å². The van der Waals surface area contributed by atoms with Gasteiger partial charge in [0, 0.05) is 12.6 Å². The molecule has 0 bridgehead atoms. The number of sulfonamides is 1. The monoisotopic (exact) mass is 581 g/mol. The van der Waals surface area contributed by atoms with Crippen molar-refractivity contribution >= 4 is 27.5 Å². The molecule has 41 heavy (non-hydrogen) atoms. The van der Waals surface area contributed by atoms with Crippen molar-refractivity contribution in [2.45, 2.75) is 57.6 Å². The Bertz CT molecular complexity index is 1420. The number of nitrogens with one attached hydrogen (secondary N) is 1. The third kappa shape index (κ3) is 7.79. The van der Waals surface area contributed by atoms with Gasteiger partial charge in [0.1, 0.15) is 24.1 Å². The van der Waals surface area contributed by atoms with Crippen LogP contribution in [0.5, 0.6) is 11.5 Å². The van der Waals surface area contributed by atoms with Crippen LogP contribution in [0.15, 0.2) is 77.7 Å². The van der Waals surface area contributed by atoms with E-state index in [4.69, 9.17) is 9.47 Å². The number of methoxy groups -OCH3 is 2. The molecule has 0 saturated heterocycles. The topological polar surface area (TPSA) is 105 Å². The molecule has 3 aromatic carbocycles. The molecule has 220 valence electrons. The minimum Gasteiger partial charge on any atom is -0.497 e. The summed E-state index contributed by atoms with van der Waals surface area (Å²) in [5, 5.41) is 2.93. The summed E-state index contributed by atoms with van der Waals surface area (Å²) >= 11 is 0. The molecule has 0 aliphatic heterocycles. The predicted molar refractivity (Wildman–Crippen MR) is 160 cm³/mol. The molecule has 1 N–H and O–H groups in total. The van der Waals surface area contributed by atoms with Crippen LogP contribution in [-0.2, 0) is 26.2 Å². The van der Waals surface area contributed by atoms with E-state index in [0.717, 1.165) is 21.9 Å². The third-order valence-electron chi connectivity index (χ3n) is 6.92. The summed E-state index contributed by atoms with van der Waals surface area (Å²) in [5.74, 6) is -0.0821. The highest BCUT2D eigenvalue weighted by atomic mass is 32.2. The number of para-hydroxylation sites is 2. The van der Waals surface area contributed by atoms with Crippen molar-refractivity contribution in [3.63, 3.8) is 0 Å². The van der Waals surface area contributed by atoms with Crippen LogP contribution < -0.4 is 19.1 Å². The Balaban J connectivity index is 2.06. The highest BCUT2D eigenvalue weighted by molar-refractivity contribution is 7.92. The average Bonchev–Trinajstić information content (AvgIpc) is 2.98. The molecule has 2 atom stereocenters. The van der Waals surface area contributed by atoms with Gasteiger partial charge in [0.25, 0.3) is 10.0 Å². The number of ether oxygens (including phenoxy) is 2. The maximum atomic E-state index is 14.1. The molecule has 0 aliphatic rings. The Labute approximate surface area is 243 Å². The van der Waals surface area contributed by atoms with Gasteiger partial charge in [-0.05, 0) is 69.2 Å². The van der Waals surface area contributed by atoms with Gasteiger partial charge < -0.3 is 19.7 Å². The van der Waals surface area contributed by atoms with Crippen LogP contribution in [0.3, 0.4) is 0 Å². The van der Waals surface area contributed by atoms with E-state index >= 15 is 0 Å². The van der Waals surface area contributed by atoms with E-state index in [-0.39, 0.29) is 34.8 Å². The zero-order valence-electron chi connectivity index (χ0n) is 24.5. The highest BCUT2D eigenvalue weighted by Crippen LogP contribution is 2.33. The number of aryl methyl sites for hydroxylation is 1. The fourth-order valence-electron chi connectivity index (χ4n) is 4.16. The molecule has 2 amide bonds. The fraction of sp³-hybridized carbons (Fsp3) is 0.355. The smallest absolute Gasteiger partial charge is 0.264 e. The zero-order valence-corrected chi connectivity index (χ0v) is 25.3. The maximum absolute atomic E-state index is 14.1. The molecule has 0 radical (unpaired) electrons. The summed E-state index contributed by atoms with van der Waals surface area (Å²) < 4.78 is 39.7. The van der Waals surface area contributed by atoms with Crippen LogP contribution in [-0.4, -0.2) is 58.0 Å². The number of carbonyl (C=O) groups excluding carboxylic acids is 2. The Morgan fingerprint density at radius 2 is 1.54 bits per heavy atom. The number of carbonyl (C=O) groups is 2. The number of hydrogen-bond acceptors (Lipinski definition) is 6. The molecule has 0 heterocycles. The van der Waals surface area contributed by atoms with Crippen LogP contribution in [0.4, 0.5) is 5.69 Å². The molecule has 0 saturated carbocycles. The van der Waals surface area contributed by atoms with Gasteiger partial charge >= 0.3 is 0 Å². The van der Waals surface area contributed by atoms with Gasteiger partial charge in [-0.15, -0.1) is 0 Å². The number of nitrogens with zero attached hydrogens (tertiary/aromatic N) is 2. The van der Waals surface area contributed by atoms with Gasteiger partial charge in [0.15, 0.2) is 0 Å². The van der Waals surface area contributed by atoms with Crippen molar-refractivity contribution in [1.82, 2.24) is 10.2 Å². The maximum Gasteiger partial charge on any atom is 0.264 e. The van der Waals surface area contributed by atoms with E-state index in [1.54, 1.807) is 43.3 Å². The van der Waals surface area contributed by atoms with Gasteiger partial charge in [0.05, 0.1) is 24.8 Å². The molecule has 3 aromatic rings. The molecular weight excluding hydrogens is 542 g/mol. The lowest BCUT2D eigenvalue weighted by Gasteiger charge is -2.32. The van der Waals surface area contributed by atoms with E-state index < -0.39 is 28.5 Å². The number of benzene rings is 3. The van der Waals surface area contributed by atoms with Crippen molar-refractivity contribution in [3.05, 3.63) is 83.9 Å². The van der Waals surface area contributed by atoms with Crippen molar-refractivity contribution in [2.75, 3.05) is 25.1 Å². The standard InChI is InChI=1S/C31H39N3O6S/c1-7-23(3)32-31(36)24(4)33(20-25-14-12-22(2)13-15-25)30(35)21-34(28-10-8-9-11-29(28)40-6)41(37,38)27-18-16-26(39-5)17-19-27/h8-19,23-24H,7,20-21H2,1-6H3,(H,32,36)/t23-,24+/m1/s1. The normalized spacial score (nSPS) is 12.6. The number of hydrogen-bond donors (Lipinski definition) is 1. The van der Waals surface area contributed by atoms with E-state index in [1.807, 2.05) is 45.0 Å². The van der Waals surface area contributed by atoms with Gasteiger partial charge in [-0.1, -0.05) is 48.9 Å². The minimum absolute atomic E-state index is 0.0235. The van der Waals surface area contributed by atoms with Crippen LogP contribution in [0.1, 0.15) is 38.3 Å². The molecule has 0 spiro atoms. The van der Waals surface area contributed by atoms with E-state index in [2.05, 4.69) is 5.32 Å². The first kappa shape index (κ1) is 31.5. The molecule has 3 rings (SSSR count). The summed E-state index contributed by atoms with van der Waals surface area (Å²) in [6, 6.07) is 19.2. The Morgan fingerprint density at radius 3 is 2.12 bits per heavy atom. The second-order valence-electron chi connectivity index (χ2n) is 9.86. The van der Waals surface area contributed by atoms with E-state index in [9.17, 15) is 18.0 Å². The van der Waals surface area contributed by atoms with Crippen molar-refractivity contribution < 1.29 is 27.5 Å². The van der Waals surface area contributed by atoms with Crippen LogP contribution >= 0.6 is 0 Å². The highest BCUT2D eigenvalue weighted by Gasteiger charge is 2.34. The quantitative estimate of drug-likeness (QED) is 0.318. The first-order valence-electron chi connectivity index (χ1n) is 13.5. The average molecular weight is 582 g/mol. The first-order valence-corrected chi connectivity index (χ1v) is 14.9. The second-order valence-corrected chi connectivity index (χ2v) is 11.7. The van der Waals surface area contributed by atoms with Crippen LogP contribution in [0.25, 0.3) is 0 Å². The lowest BCUT2D eigenvalue weighted by molar-refractivity contribution is -0.139. The summed E-state index contributed by atoms with van der Waals surface area (Å²) in [6.07, 6.45) is 0.728. The van der Waals surface area contributed by atoms with Crippen molar-refractivity contribution in [2.24, 2.45) is 0 Å². The molecule has 10 heteroatoms. The summed E-state index contributed by atoms with van der Waals surface area (Å²) in [4.78, 5) is 28.6. The Morgan fingerprint density at radius 1 is 0.902 bits per heavy atom. The molecule has 0 aliphatic carbocycles. The number of rotatable bonds is 13. The van der Waals surface area contributed by atoms with Gasteiger partial charge in [-0.25, -0.2) is 8.42 Å². The summed E-state index contributed by atoms with van der Waals surface area (Å²) in [7, 11) is -1.31. The Hall–Kier alpha value is -4.05. The lowest BCUT2D eigenvalue weighted by atomic mass is 10.1. The van der Waals surface area contributed by atoms with Gasteiger partial charge in [-0.3, -0.25) is 13.9 Å². The molecular formula is C31H39N3O6S. The molecule has 9 nitrogen and oxygen atoms in total. The number of amides is 2. The Kier molecular flexibility index (Phi) is 10.8. The van der Waals surface area contributed by atoms with E-state index in [1.165, 1.54) is 31.3 Å². The molecule has 0 unspecified atom stereocenters. The first-order chi connectivity index (χ1) is 19.5. The van der Waals surface area contributed by atoms with Gasteiger partial charge in [-0.2, -0.15) is 0 Å². The van der Waals surface area contributed by atoms with Crippen LogP contribution in [0, 0.1) is 6.92 Å². The SMILES string of the molecule is CC[C@@H](C)NC(=O)[C@H](C)N(Cc1ccc(C)cc1)C(=O)CN(c1ccccc1OC)S(=O)(=O)c1ccc(OC)cc1. The van der Waals surface area contributed by atoms with Crippen LogP contribution in [0.2, 0.25) is 0 Å². The third-order valence-corrected chi connectivity index (χ3v) is 8.70. The minimum atomic E-state index is -4.24. The number of anilines is 1. The zero-order chi connectivity index (χ0) is 30.2. The predicted octanol–water partition coefficient (Wildman–Crippen LogP) is 4.54. The lowest BCUT2D eigenvalue weighted by Crippen LogP contribution is -2.52.